The first kappa shape index (κ1) is 15.0. The monoisotopic (exact) mass is 277 g/mol. The Balaban J connectivity index is 1.73. The maximum absolute atomic E-state index is 12.3. The topological polar surface area (TPSA) is 38.8 Å². The minimum atomic E-state index is 0.123. The third-order valence-electron chi connectivity index (χ3n) is 3.54. The van der Waals surface area contributed by atoms with E-state index in [0.29, 0.717) is 13.2 Å². The third kappa shape index (κ3) is 4.32. The van der Waals surface area contributed by atoms with Crippen LogP contribution in [-0.2, 0) is 9.47 Å². The van der Waals surface area contributed by atoms with Crippen molar-refractivity contribution in [3.63, 3.8) is 0 Å². The van der Waals surface area contributed by atoms with E-state index in [9.17, 15) is 4.79 Å². The van der Waals surface area contributed by atoms with Gasteiger partial charge in [0.25, 0.3) is 5.91 Å². The van der Waals surface area contributed by atoms with Crippen molar-refractivity contribution in [2.75, 3.05) is 32.9 Å². The van der Waals surface area contributed by atoms with Crippen LogP contribution in [0.3, 0.4) is 0 Å². The number of benzene rings is 1. The second kappa shape index (κ2) is 8.02. The molecule has 0 spiro atoms. The lowest BCUT2D eigenvalue weighted by Gasteiger charge is -2.32. The van der Waals surface area contributed by atoms with Gasteiger partial charge in [-0.05, 0) is 31.9 Å². The van der Waals surface area contributed by atoms with E-state index in [-0.39, 0.29) is 12.0 Å². The summed E-state index contributed by atoms with van der Waals surface area (Å²) in [6.45, 7) is 5.55. The maximum atomic E-state index is 12.3. The standard InChI is InChI=1S/C16H23NO3/c1-2-19-12-13-20-15-8-10-17(11-9-15)16(18)14-6-4-3-5-7-14/h3-7,15H,2,8-13H2,1H3. The van der Waals surface area contributed by atoms with Gasteiger partial charge in [-0.15, -0.1) is 0 Å². The van der Waals surface area contributed by atoms with E-state index < -0.39 is 0 Å². The van der Waals surface area contributed by atoms with E-state index in [2.05, 4.69) is 0 Å². The number of ether oxygens (including phenoxy) is 2. The van der Waals surface area contributed by atoms with Crippen LogP contribution in [0.5, 0.6) is 0 Å². The average Bonchev–Trinajstić information content (AvgIpc) is 2.52. The van der Waals surface area contributed by atoms with Crippen molar-refractivity contribution in [2.45, 2.75) is 25.9 Å². The molecule has 0 N–H and O–H groups in total. The lowest BCUT2D eigenvalue weighted by molar-refractivity contribution is -0.0182. The van der Waals surface area contributed by atoms with Crippen molar-refractivity contribution in [3.8, 4) is 0 Å². The summed E-state index contributed by atoms with van der Waals surface area (Å²) >= 11 is 0. The number of amides is 1. The minimum Gasteiger partial charge on any atom is -0.379 e. The maximum Gasteiger partial charge on any atom is 0.253 e. The quantitative estimate of drug-likeness (QED) is 0.749. The number of hydrogen-bond acceptors (Lipinski definition) is 3. The zero-order chi connectivity index (χ0) is 14.2. The van der Waals surface area contributed by atoms with Crippen LogP contribution in [0.15, 0.2) is 30.3 Å². The molecule has 0 bridgehead atoms. The number of piperidine rings is 1. The van der Waals surface area contributed by atoms with Gasteiger partial charge in [-0.2, -0.15) is 0 Å². The van der Waals surface area contributed by atoms with Crippen LogP contribution in [0, 0.1) is 0 Å². The van der Waals surface area contributed by atoms with E-state index in [1.165, 1.54) is 0 Å². The van der Waals surface area contributed by atoms with Crippen molar-refractivity contribution in [1.82, 2.24) is 4.90 Å². The van der Waals surface area contributed by atoms with Crippen molar-refractivity contribution < 1.29 is 14.3 Å². The van der Waals surface area contributed by atoms with Gasteiger partial charge in [0.2, 0.25) is 0 Å². The number of nitrogens with zero attached hydrogens (tertiary/aromatic N) is 1. The first-order chi connectivity index (χ1) is 9.81. The molecule has 20 heavy (non-hydrogen) atoms. The number of carbonyl (C=O) groups is 1. The molecule has 0 aromatic heterocycles. The lowest BCUT2D eigenvalue weighted by atomic mass is 10.1. The predicted molar refractivity (Wildman–Crippen MR) is 77.8 cm³/mol. The highest BCUT2D eigenvalue weighted by molar-refractivity contribution is 5.94. The van der Waals surface area contributed by atoms with Crippen LogP contribution in [-0.4, -0.2) is 49.8 Å². The van der Waals surface area contributed by atoms with Gasteiger partial charge in [0.15, 0.2) is 0 Å². The van der Waals surface area contributed by atoms with E-state index in [1.54, 1.807) is 0 Å². The second-order valence-corrected chi connectivity index (χ2v) is 4.93. The summed E-state index contributed by atoms with van der Waals surface area (Å²) in [4.78, 5) is 14.2. The fourth-order valence-electron chi connectivity index (χ4n) is 2.41. The Morgan fingerprint density at radius 1 is 1.20 bits per heavy atom. The first-order valence-electron chi connectivity index (χ1n) is 7.35. The Morgan fingerprint density at radius 3 is 2.55 bits per heavy atom. The van der Waals surface area contributed by atoms with Crippen LogP contribution in [0.1, 0.15) is 30.1 Å². The molecule has 1 aliphatic rings. The highest BCUT2D eigenvalue weighted by Gasteiger charge is 2.23. The fourth-order valence-corrected chi connectivity index (χ4v) is 2.41. The highest BCUT2D eigenvalue weighted by Crippen LogP contribution is 2.16. The Labute approximate surface area is 120 Å². The van der Waals surface area contributed by atoms with Crippen LogP contribution in [0.4, 0.5) is 0 Å². The van der Waals surface area contributed by atoms with Crippen LogP contribution >= 0.6 is 0 Å². The van der Waals surface area contributed by atoms with Gasteiger partial charge in [-0.1, -0.05) is 18.2 Å². The molecule has 1 heterocycles. The normalized spacial score (nSPS) is 16.4. The van der Waals surface area contributed by atoms with Crippen LogP contribution < -0.4 is 0 Å². The molecule has 0 atom stereocenters. The van der Waals surface area contributed by atoms with E-state index in [4.69, 9.17) is 9.47 Å². The largest absolute Gasteiger partial charge is 0.379 e. The molecule has 1 saturated heterocycles. The molecule has 2 rings (SSSR count). The molecule has 4 nitrogen and oxygen atoms in total. The number of carbonyl (C=O) groups excluding carboxylic acids is 1. The van der Waals surface area contributed by atoms with E-state index >= 15 is 0 Å². The zero-order valence-corrected chi connectivity index (χ0v) is 12.1. The van der Waals surface area contributed by atoms with Gasteiger partial charge in [0.05, 0.1) is 19.3 Å². The second-order valence-electron chi connectivity index (χ2n) is 4.93. The summed E-state index contributed by atoms with van der Waals surface area (Å²) in [5.41, 5.74) is 0.767. The van der Waals surface area contributed by atoms with Gasteiger partial charge in [0, 0.05) is 25.3 Å². The molecular formula is C16H23NO3. The smallest absolute Gasteiger partial charge is 0.253 e. The van der Waals surface area contributed by atoms with E-state index in [1.807, 2.05) is 42.2 Å². The SMILES string of the molecule is CCOCCOC1CCN(C(=O)c2ccccc2)CC1. The van der Waals surface area contributed by atoms with Gasteiger partial charge < -0.3 is 14.4 Å². The molecule has 1 amide bonds. The minimum absolute atomic E-state index is 0.123. The number of rotatable bonds is 6. The Bertz CT molecular complexity index is 399. The lowest BCUT2D eigenvalue weighted by Crippen LogP contribution is -2.41. The molecule has 4 heteroatoms. The molecular weight excluding hydrogens is 254 g/mol. The molecule has 1 fully saturated rings. The first-order valence-corrected chi connectivity index (χ1v) is 7.35. The van der Waals surface area contributed by atoms with Crippen LogP contribution in [0.25, 0.3) is 0 Å². The van der Waals surface area contributed by atoms with Crippen molar-refractivity contribution in [1.29, 1.82) is 0 Å². The van der Waals surface area contributed by atoms with Gasteiger partial charge in [-0.3, -0.25) is 4.79 Å². The summed E-state index contributed by atoms with van der Waals surface area (Å²) in [7, 11) is 0. The van der Waals surface area contributed by atoms with Crippen molar-refractivity contribution in [3.05, 3.63) is 35.9 Å². The fraction of sp³-hybridized carbons (Fsp3) is 0.562. The molecule has 0 unspecified atom stereocenters. The summed E-state index contributed by atoms with van der Waals surface area (Å²) in [6, 6.07) is 9.46. The highest BCUT2D eigenvalue weighted by atomic mass is 16.5. The molecule has 0 radical (unpaired) electrons. The molecule has 0 saturated carbocycles. The Morgan fingerprint density at radius 2 is 1.90 bits per heavy atom. The summed E-state index contributed by atoms with van der Waals surface area (Å²) in [5.74, 6) is 0.123. The molecule has 1 aliphatic heterocycles. The van der Waals surface area contributed by atoms with Gasteiger partial charge in [0.1, 0.15) is 0 Å². The third-order valence-corrected chi connectivity index (χ3v) is 3.54. The molecule has 0 aliphatic carbocycles. The number of likely N-dealkylation sites (tertiary alicyclic amines) is 1. The molecule has 1 aromatic carbocycles. The molecule has 1 aromatic rings. The van der Waals surface area contributed by atoms with Gasteiger partial charge in [-0.25, -0.2) is 0 Å². The van der Waals surface area contributed by atoms with Crippen molar-refractivity contribution >= 4 is 5.91 Å². The van der Waals surface area contributed by atoms with Crippen LogP contribution in [0.2, 0.25) is 0 Å². The van der Waals surface area contributed by atoms with Crippen molar-refractivity contribution in [2.24, 2.45) is 0 Å². The Kier molecular flexibility index (Phi) is 6.02. The Hall–Kier alpha value is -1.39. The summed E-state index contributed by atoms with van der Waals surface area (Å²) < 4.78 is 11.0. The zero-order valence-electron chi connectivity index (χ0n) is 12.1. The average molecular weight is 277 g/mol. The summed E-state index contributed by atoms with van der Waals surface area (Å²) in [6.07, 6.45) is 2.07. The molecule has 110 valence electrons. The number of hydrogen-bond donors (Lipinski definition) is 0. The summed E-state index contributed by atoms with van der Waals surface area (Å²) in [5, 5.41) is 0. The predicted octanol–water partition coefficient (Wildman–Crippen LogP) is 2.34. The van der Waals surface area contributed by atoms with Gasteiger partial charge >= 0.3 is 0 Å². The van der Waals surface area contributed by atoms with E-state index in [0.717, 1.165) is 38.1 Å².